The van der Waals surface area contributed by atoms with Gasteiger partial charge in [-0.3, -0.25) is 4.68 Å². The minimum Gasteiger partial charge on any atom is -0.474 e. The highest BCUT2D eigenvalue weighted by molar-refractivity contribution is 7.92. The van der Waals surface area contributed by atoms with Crippen molar-refractivity contribution < 1.29 is 18.3 Å². The maximum Gasteiger partial charge on any atom is 0.267 e. The van der Waals surface area contributed by atoms with Gasteiger partial charge in [0.1, 0.15) is 11.0 Å². The van der Waals surface area contributed by atoms with Crippen LogP contribution < -0.4 is 9.46 Å². The van der Waals surface area contributed by atoms with Crippen molar-refractivity contribution in [3.05, 3.63) is 48.3 Å². The molecule has 33 heavy (non-hydrogen) atoms. The monoisotopic (exact) mass is 471 g/mol. The lowest BCUT2D eigenvalue weighted by atomic mass is 9.95. The number of aliphatic hydroxyl groups excluding tert-OH is 1. The van der Waals surface area contributed by atoms with Gasteiger partial charge >= 0.3 is 0 Å². The van der Waals surface area contributed by atoms with Crippen molar-refractivity contribution in [2.75, 3.05) is 4.72 Å². The molecule has 4 rings (SSSR count). The van der Waals surface area contributed by atoms with Gasteiger partial charge in [0.15, 0.2) is 0 Å². The summed E-state index contributed by atoms with van der Waals surface area (Å²) < 4.78 is 35.7. The largest absolute Gasteiger partial charge is 0.474 e. The zero-order valence-electron chi connectivity index (χ0n) is 19.0. The van der Waals surface area contributed by atoms with Crippen molar-refractivity contribution in [3.63, 3.8) is 0 Å². The van der Waals surface area contributed by atoms with Gasteiger partial charge in [0, 0.05) is 24.9 Å². The van der Waals surface area contributed by atoms with E-state index in [-0.39, 0.29) is 29.0 Å². The van der Waals surface area contributed by atoms with Crippen LogP contribution >= 0.6 is 0 Å². The Morgan fingerprint density at radius 2 is 1.88 bits per heavy atom. The molecule has 2 N–H and O–H groups in total. The number of nitrogens with one attached hydrogen (secondary N) is 1. The van der Waals surface area contributed by atoms with E-state index in [9.17, 15) is 13.5 Å². The fraction of sp³-hybridized carbons (Fsp3) is 0.435. The number of rotatable bonds is 7. The summed E-state index contributed by atoms with van der Waals surface area (Å²) in [5.74, 6) is 0.473. The van der Waals surface area contributed by atoms with Crippen molar-refractivity contribution in [2.24, 2.45) is 7.05 Å². The summed E-state index contributed by atoms with van der Waals surface area (Å²) in [4.78, 5) is 8.89. The third-order valence-corrected chi connectivity index (χ3v) is 6.99. The highest BCUT2D eigenvalue weighted by Crippen LogP contribution is 2.32. The number of aromatic nitrogens is 4. The predicted molar refractivity (Wildman–Crippen MR) is 124 cm³/mol. The number of sulfonamides is 1. The zero-order chi connectivity index (χ0) is 23.6. The summed E-state index contributed by atoms with van der Waals surface area (Å²) in [5.41, 5.74) is 2.55. The molecule has 0 amide bonds. The summed E-state index contributed by atoms with van der Waals surface area (Å²) in [6, 6.07) is 9.62. The maximum absolute atomic E-state index is 12.9. The molecular formula is C23H29N5O4S. The van der Waals surface area contributed by atoms with E-state index in [0.717, 1.165) is 11.1 Å². The van der Waals surface area contributed by atoms with Crippen LogP contribution in [-0.4, -0.2) is 45.5 Å². The lowest BCUT2D eigenvalue weighted by Crippen LogP contribution is -2.27. The van der Waals surface area contributed by atoms with Crippen LogP contribution in [0.2, 0.25) is 0 Å². The summed E-state index contributed by atoms with van der Waals surface area (Å²) in [7, 11) is -2.28. The number of ether oxygens (including phenoxy) is 1. The SMILES string of the molecule is CC(C)c1ccccc1-c1cc(O[C@H]2CC[C@@H](O)CC2)nc(NS(=O)(=O)c2cnn(C)c2)n1. The fourth-order valence-corrected chi connectivity index (χ4v) is 4.88. The number of benzene rings is 1. The minimum atomic E-state index is -3.92. The van der Waals surface area contributed by atoms with Crippen molar-refractivity contribution in [2.45, 2.75) is 62.6 Å². The topological polar surface area (TPSA) is 119 Å². The average Bonchev–Trinajstić information content (AvgIpc) is 3.22. The van der Waals surface area contributed by atoms with E-state index >= 15 is 0 Å². The van der Waals surface area contributed by atoms with Crippen molar-refractivity contribution in [1.29, 1.82) is 0 Å². The van der Waals surface area contributed by atoms with Gasteiger partial charge in [-0.15, -0.1) is 0 Å². The lowest BCUT2D eigenvalue weighted by molar-refractivity contribution is 0.0644. The molecule has 2 heterocycles. The Bertz CT molecular complexity index is 1220. The quantitative estimate of drug-likeness (QED) is 0.541. The lowest BCUT2D eigenvalue weighted by Gasteiger charge is -2.26. The Hall–Kier alpha value is -2.98. The van der Waals surface area contributed by atoms with Crippen LogP contribution in [0.5, 0.6) is 5.88 Å². The smallest absolute Gasteiger partial charge is 0.267 e. The van der Waals surface area contributed by atoms with Gasteiger partial charge in [0.2, 0.25) is 11.8 Å². The first-order valence-electron chi connectivity index (χ1n) is 11.1. The molecule has 1 fully saturated rings. The Balaban J connectivity index is 1.72. The van der Waals surface area contributed by atoms with Gasteiger partial charge in [-0.25, -0.2) is 18.1 Å². The molecule has 0 spiro atoms. The Labute approximate surface area is 193 Å². The van der Waals surface area contributed by atoms with Gasteiger partial charge in [-0.2, -0.15) is 10.1 Å². The van der Waals surface area contributed by atoms with E-state index in [1.807, 2.05) is 24.3 Å². The fourth-order valence-electron chi connectivity index (χ4n) is 3.95. The maximum atomic E-state index is 12.9. The summed E-state index contributed by atoms with van der Waals surface area (Å²) >= 11 is 0. The summed E-state index contributed by atoms with van der Waals surface area (Å²) in [5, 5.41) is 13.7. The van der Waals surface area contributed by atoms with E-state index in [1.165, 1.54) is 17.1 Å². The molecule has 0 bridgehead atoms. The Morgan fingerprint density at radius 1 is 1.15 bits per heavy atom. The van der Waals surface area contributed by atoms with E-state index in [1.54, 1.807) is 13.1 Å². The Morgan fingerprint density at radius 3 is 2.55 bits per heavy atom. The predicted octanol–water partition coefficient (Wildman–Crippen LogP) is 3.48. The molecule has 3 aromatic rings. The molecule has 0 unspecified atom stereocenters. The molecular weight excluding hydrogens is 442 g/mol. The first-order valence-corrected chi connectivity index (χ1v) is 12.5. The van der Waals surface area contributed by atoms with Crippen molar-refractivity contribution >= 4 is 16.0 Å². The normalized spacial score (nSPS) is 18.9. The average molecular weight is 472 g/mol. The standard InChI is InChI=1S/C23H29N5O4S/c1-15(2)19-6-4-5-7-20(19)21-12-22(32-17-10-8-16(29)9-11-17)26-23(25-21)27-33(30,31)18-13-24-28(3)14-18/h4-7,12-17,29H,8-11H2,1-3H3,(H,25,26,27)/t16-,17+. The van der Waals surface area contributed by atoms with Crippen LogP contribution in [0.15, 0.2) is 47.6 Å². The number of aliphatic hydroxyl groups is 1. The van der Waals surface area contributed by atoms with Gasteiger partial charge < -0.3 is 9.84 Å². The van der Waals surface area contributed by atoms with E-state index in [4.69, 9.17) is 4.74 Å². The molecule has 1 aromatic carbocycles. The number of nitrogens with zero attached hydrogens (tertiary/aromatic N) is 4. The van der Waals surface area contributed by atoms with Crippen molar-refractivity contribution in [3.8, 4) is 17.1 Å². The van der Waals surface area contributed by atoms with E-state index in [0.29, 0.717) is 37.3 Å². The minimum absolute atomic E-state index is 0.0188. The molecule has 0 saturated heterocycles. The number of anilines is 1. The molecule has 0 radical (unpaired) electrons. The molecule has 0 atom stereocenters. The highest BCUT2D eigenvalue weighted by atomic mass is 32.2. The molecule has 1 aliphatic carbocycles. The van der Waals surface area contributed by atoms with Crippen LogP contribution in [0.3, 0.4) is 0 Å². The van der Waals surface area contributed by atoms with Gasteiger partial charge in [-0.1, -0.05) is 38.1 Å². The second-order valence-corrected chi connectivity index (χ2v) is 10.3. The molecule has 1 saturated carbocycles. The molecule has 2 aromatic heterocycles. The van der Waals surface area contributed by atoms with Crippen LogP contribution in [-0.2, 0) is 17.1 Å². The van der Waals surface area contributed by atoms with Gasteiger partial charge in [-0.05, 0) is 37.2 Å². The third-order valence-electron chi connectivity index (χ3n) is 5.71. The third kappa shape index (κ3) is 5.51. The molecule has 9 nitrogen and oxygen atoms in total. The molecule has 10 heteroatoms. The number of hydrogen-bond donors (Lipinski definition) is 2. The van der Waals surface area contributed by atoms with Gasteiger partial charge in [0.05, 0.1) is 18.0 Å². The highest BCUT2D eigenvalue weighted by Gasteiger charge is 2.24. The van der Waals surface area contributed by atoms with Crippen LogP contribution in [0, 0.1) is 0 Å². The molecule has 176 valence electrons. The first kappa shape index (κ1) is 23.2. The van der Waals surface area contributed by atoms with Crippen molar-refractivity contribution in [1.82, 2.24) is 19.7 Å². The first-order chi connectivity index (χ1) is 15.7. The van der Waals surface area contributed by atoms with E-state index in [2.05, 4.69) is 33.6 Å². The van der Waals surface area contributed by atoms with E-state index < -0.39 is 10.0 Å². The van der Waals surface area contributed by atoms with Crippen LogP contribution in [0.1, 0.15) is 51.0 Å². The molecule has 0 aliphatic heterocycles. The summed E-state index contributed by atoms with van der Waals surface area (Å²) in [6.07, 6.45) is 5.03. The number of aryl methyl sites for hydroxylation is 1. The molecule has 1 aliphatic rings. The summed E-state index contributed by atoms with van der Waals surface area (Å²) in [6.45, 7) is 4.19. The second kappa shape index (κ2) is 9.48. The van der Waals surface area contributed by atoms with Crippen LogP contribution in [0.25, 0.3) is 11.3 Å². The zero-order valence-corrected chi connectivity index (χ0v) is 19.8. The van der Waals surface area contributed by atoms with Crippen LogP contribution in [0.4, 0.5) is 5.95 Å². The Kier molecular flexibility index (Phi) is 6.66. The second-order valence-electron chi connectivity index (χ2n) is 8.66. The number of hydrogen-bond acceptors (Lipinski definition) is 7. The van der Waals surface area contributed by atoms with Gasteiger partial charge in [0.25, 0.3) is 10.0 Å².